The van der Waals surface area contributed by atoms with Crippen molar-refractivity contribution < 1.29 is 4.39 Å². The van der Waals surface area contributed by atoms with E-state index in [9.17, 15) is 4.39 Å². The lowest BCUT2D eigenvalue weighted by Gasteiger charge is -2.06. The number of thioether (sulfide) groups is 1. The third kappa shape index (κ3) is 2.61. The summed E-state index contributed by atoms with van der Waals surface area (Å²) in [5.41, 5.74) is 1.57. The number of aromatic nitrogens is 2. The number of fused-ring (bicyclic) bond motifs is 1. The third-order valence-electron chi connectivity index (χ3n) is 2.51. The molecule has 92 valence electrons. The van der Waals surface area contributed by atoms with Crippen LogP contribution in [0.2, 0.25) is 0 Å². The molecule has 0 N–H and O–H groups in total. The lowest BCUT2D eigenvalue weighted by Crippen LogP contribution is -2.04. The molecule has 0 saturated heterocycles. The molecule has 17 heavy (non-hydrogen) atoms. The predicted octanol–water partition coefficient (Wildman–Crippen LogP) is 4.04. The van der Waals surface area contributed by atoms with Crippen molar-refractivity contribution >= 4 is 50.3 Å². The predicted molar refractivity (Wildman–Crippen MR) is 75.3 cm³/mol. The molecule has 0 amide bonds. The van der Waals surface area contributed by atoms with Gasteiger partial charge in [-0.15, -0.1) is 11.6 Å². The molecule has 1 heterocycles. The SMILES string of the molecule is CSCCn1c(CCl)nc2cc(Br)c(F)cc21. The topological polar surface area (TPSA) is 17.8 Å². The molecule has 2 nitrogen and oxygen atoms in total. The summed E-state index contributed by atoms with van der Waals surface area (Å²) in [5.74, 6) is 1.80. The van der Waals surface area contributed by atoms with E-state index in [0.29, 0.717) is 10.4 Å². The van der Waals surface area contributed by atoms with Gasteiger partial charge in [0.05, 0.1) is 21.4 Å². The zero-order chi connectivity index (χ0) is 12.4. The minimum Gasteiger partial charge on any atom is -0.326 e. The molecule has 0 fully saturated rings. The van der Waals surface area contributed by atoms with Crippen molar-refractivity contribution in [1.29, 1.82) is 0 Å². The molecule has 6 heteroatoms. The molecule has 0 radical (unpaired) electrons. The normalized spacial score (nSPS) is 11.3. The van der Waals surface area contributed by atoms with Gasteiger partial charge in [-0.1, -0.05) is 0 Å². The minimum absolute atomic E-state index is 0.274. The summed E-state index contributed by atoms with van der Waals surface area (Å²) in [6.45, 7) is 0.792. The first-order valence-electron chi connectivity index (χ1n) is 5.06. The average Bonchev–Trinajstić information content (AvgIpc) is 2.64. The fraction of sp³-hybridized carbons (Fsp3) is 0.364. The second-order valence-corrected chi connectivity index (χ2v) is 5.67. The van der Waals surface area contributed by atoms with Gasteiger partial charge in [-0.05, 0) is 28.3 Å². The average molecular weight is 338 g/mol. The summed E-state index contributed by atoms with van der Waals surface area (Å²) >= 11 is 10.8. The molecule has 0 bridgehead atoms. The standard InChI is InChI=1S/C11H11BrClFN2S/c1-17-3-2-16-10-5-8(14)7(12)4-9(10)15-11(16)6-13/h4-5H,2-3,6H2,1H3. The Morgan fingerprint density at radius 2 is 2.29 bits per heavy atom. The van der Waals surface area contributed by atoms with Crippen LogP contribution in [0.5, 0.6) is 0 Å². The number of aryl methyl sites for hydroxylation is 1. The fourth-order valence-electron chi connectivity index (χ4n) is 1.70. The second kappa shape index (κ2) is 5.59. The van der Waals surface area contributed by atoms with Crippen LogP contribution in [0.3, 0.4) is 0 Å². The van der Waals surface area contributed by atoms with E-state index < -0.39 is 0 Å². The summed E-state index contributed by atoms with van der Waals surface area (Å²) in [7, 11) is 0. The number of alkyl halides is 1. The van der Waals surface area contributed by atoms with Gasteiger partial charge in [0.1, 0.15) is 11.6 Å². The zero-order valence-corrected chi connectivity index (χ0v) is 12.4. The molecule has 2 rings (SSSR count). The molecule has 1 aromatic carbocycles. The van der Waals surface area contributed by atoms with Gasteiger partial charge < -0.3 is 4.57 Å². The van der Waals surface area contributed by atoms with Crippen LogP contribution in [-0.2, 0) is 12.4 Å². The molecular formula is C11H11BrClFN2S. The first-order chi connectivity index (χ1) is 8.17. The molecule has 0 saturated carbocycles. The van der Waals surface area contributed by atoms with E-state index in [1.807, 2.05) is 10.8 Å². The summed E-state index contributed by atoms with van der Waals surface area (Å²) < 4.78 is 15.9. The zero-order valence-electron chi connectivity index (χ0n) is 9.21. The van der Waals surface area contributed by atoms with E-state index in [0.717, 1.165) is 29.2 Å². The van der Waals surface area contributed by atoms with Gasteiger partial charge >= 0.3 is 0 Å². The van der Waals surface area contributed by atoms with E-state index in [1.54, 1.807) is 17.8 Å². The van der Waals surface area contributed by atoms with Crippen LogP contribution in [0.1, 0.15) is 5.82 Å². The highest BCUT2D eigenvalue weighted by Gasteiger charge is 2.12. The van der Waals surface area contributed by atoms with E-state index >= 15 is 0 Å². The summed E-state index contributed by atoms with van der Waals surface area (Å²) in [6.07, 6.45) is 2.04. The number of imidazole rings is 1. The van der Waals surface area contributed by atoms with Crippen molar-refractivity contribution in [3.8, 4) is 0 Å². The molecule has 0 aliphatic heterocycles. The smallest absolute Gasteiger partial charge is 0.139 e. The third-order valence-corrected chi connectivity index (χ3v) is 3.95. The van der Waals surface area contributed by atoms with Crippen molar-refractivity contribution in [1.82, 2.24) is 9.55 Å². The van der Waals surface area contributed by atoms with Crippen LogP contribution in [0, 0.1) is 5.82 Å². The van der Waals surface area contributed by atoms with Gasteiger partial charge in [0.25, 0.3) is 0 Å². The minimum atomic E-state index is -0.274. The van der Waals surface area contributed by atoms with E-state index in [1.165, 1.54) is 6.07 Å². The number of rotatable bonds is 4. The number of nitrogens with zero attached hydrogens (tertiary/aromatic N) is 2. The van der Waals surface area contributed by atoms with E-state index in [4.69, 9.17) is 11.6 Å². The van der Waals surface area contributed by atoms with Crippen molar-refractivity contribution in [2.45, 2.75) is 12.4 Å². The van der Waals surface area contributed by atoms with E-state index in [-0.39, 0.29) is 5.82 Å². The van der Waals surface area contributed by atoms with Crippen LogP contribution in [-0.4, -0.2) is 21.6 Å². The van der Waals surface area contributed by atoms with Crippen molar-refractivity contribution in [2.24, 2.45) is 0 Å². The maximum Gasteiger partial charge on any atom is 0.139 e. The first-order valence-corrected chi connectivity index (χ1v) is 7.78. The first kappa shape index (κ1) is 13.2. The van der Waals surface area contributed by atoms with Gasteiger partial charge in [-0.25, -0.2) is 9.37 Å². The molecule has 0 atom stereocenters. The van der Waals surface area contributed by atoms with Gasteiger partial charge in [-0.2, -0.15) is 11.8 Å². The fourth-order valence-corrected chi connectivity index (χ4v) is 2.60. The lowest BCUT2D eigenvalue weighted by atomic mass is 10.3. The molecular weight excluding hydrogens is 327 g/mol. The van der Waals surface area contributed by atoms with Crippen LogP contribution in [0.15, 0.2) is 16.6 Å². The Bertz CT molecular complexity index is 544. The maximum atomic E-state index is 13.5. The Labute approximate surface area is 117 Å². The summed E-state index contributed by atoms with van der Waals surface area (Å²) in [4.78, 5) is 4.41. The Morgan fingerprint density at radius 1 is 1.53 bits per heavy atom. The monoisotopic (exact) mass is 336 g/mol. The number of hydrogen-bond donors (Lipinski definition) is 0. The van der Waals surface area contributed by atoms with Crippen LogP contribution < -0.4 is 0 Å². The largest absolute Gasteiger partial charge is 0.326 e. The number of hydrogen-bond acceptors (Lipinski definition) is 2. The van der Waals surface area contributed by atoms with Crippen LogP contribution in [0.25, 0.3) is 11.0 Å². The molecule has 1 aromatic heterocycles. The molecule has 0 spiro atoms. The Kier molecular flexibility index (Phi) is 4.33. The van der Waals surface area contributed by atoms with Gasteiger partial charge in [0.15, 0.2) is 0 Å². The highest BCUT2D eigenvalue weighted by molar-refractivity contribution is 9.10. The lowest BCUT2D eigenvalue weighted by molar-refractivity contribution is 0.621. The summed E-state index contributed by atoms with van der Waals surface area (Å²) in [6, 6.07) is 3.19. The Hall–Kier alpha value is -0.260. The molecule has 0 aliphatic rings. The number of benzene rings is 1. The Morgan fingerprint density at radius 3 is 2.94 bits per heavy atom. The second-order valence-electron chi connectivity index (χ2n) is 3.56. The Balaban J connectivity index is 2.57. The van der Waals surface area contributed by atoms with Crippen molar-refractivity contribution in [3.63, 3.8) is 0 Å². The maximum absolute atomic E-state index is 13.5. The van der Waals surface area contributed by atoms with Crippen molar-refractivity contribution in [3.05, 3.63) is 28.2 Å². The van der Waals surface area contributed by atoms with Crippen LogP contribution >= 0.6 is 39.3 Å². The van der Waals surface area contributed by atoms with Gasteiger partial charge in [0.2, 0.25) is 0 Å². The molecule has 0 unspecified atom stereocenters. The number of halogens is 3. The van der Waals surface area contributed by atoms with Gasteiger partial charge in [-0.3, -0.25) is 0 Å². The van der Waals surface area contributed by atoms with Crippen molar-refractivity contribution in [2.75, 3.05) is 12.0 Å². The summed E-state index contributed by atoms with van der Waals surface area (Å²) in [5, 5.41) is 0. The highest BCUT2D eigenvalue weighted by Crippen LogP contribution is 2.25. The highest BCUT2D eigenvalue weighted by atomic mass is 79.9. The molecule has 2 aromatic rings. The molecule has 0 aliphatic carbocycles. The van der Waals surface area contributed by atoms with E-state index in [2.05, 4.69) is 20.9 Å². The van der Waals surface area contributed by atoms with Crippen LogP contribution in [0.4, 0.5) is 4.39 Å². The van der Waals surface area contributed by atoms with Gasteiger partial charge in [0, 0.05) is 18.4 Å². The quantitative estimate of drug-likeness (QED) is 0.784.